The lowest BCUT2D eigenvalue weighted by Gasteiger charge is -2.29. The van der Waals surface area contributed by atoms with Crippen LogP contribution in [0, 0.1) is 5.92 Å². The number of anilines is 1. The van der Waals surface area contributed by atoms with Crippen LogP contribution >= 0.6 is 11.6 Å². The van der Waals surface area contributed by atoms with Gasteiger partial charge in [0.1, 0.15) is 0 Å². The smallest absolute Gasteiger partial charge is 0.0642 e. The fourth-order valence-corrected chi connectivity index (χ4v) is 2.51. The fourth-order valence-electron chi connectivity index (χ4n) is 2.20. The minimum absolute atomic E-state index is 0.684. The topological polar surface area (TPSA) is 15.3 Å². The zero-order chi connectivity index (χ0) is 14.3. The van der Waals surface area contributed by atoms with Gasteiger partial charge < -0.3 is 10.2 Å². The van der Waals surface area contributed by atoms with Gasteiger partial charge in [0.2, 0.25) is 0 Å². The van der Waals surface area contributed by atoms with E-state index in [1.54, 1.807) is 0 Å². The lowest BCUT2D eigenvalue weighted by molar-refractivity contribution is 0.546. The van der Waals surface area contributed by atoms with Crippen molar-refractivity contribution in [1.29, 1.82) is 0 Å². The Morgan fingerprint density at radius 2 is 2.00 bits per heavy atom. The van der Waals surface area contributed by atoms with Crippen LogP contribution in [-0.2, 0) is 6.54 Å². The Morgan fingerprint density at radius 3 is 2.58 bits per heavy atom. The summed E-state index contributed by atoms with van der Waals surface area (Å²) in [4.78, 5) is 2.41. The third kappa shape index (κ3) is 4.70. The van der Waals surface area contributed by atoms with Gasteiger partial charge in [0.15, 0.2) is 0 Å². The molecule has 0 bridgehead atoms. The summed E-state index contributed by atoms with van der Waals surface area (Å²) in [5.74, 6) is 0.684. The van der Waals surface area contributed by atoms with E-state index in [0.717, 1.165) is 31.2 Å². The molecular formula is C16H27ClN2. The van der Waals surface area contributed by atoms with E-state index in [4.69, 9.17) is 11.6 Å². The lowest BCUT2D eigenvalue weighted by atomic mass is 10.1. The van der Waals surface area contributed by atoms with Crippen molar-refractivity contribution >= 4 is 17.3 Å². The van der Waals surface area contributed by atoms with Crippen LogP contribution in [0.5, 0.6) is 0 Å². The van der Waals surface area contributed by atoms with Crippen molar-refractivity contribution < 1.29 is 0 Å². The summed E-state index contributed by atoms with van der Waals surface area (Å²) in [6.07, 6.45) is 1.20. The summed E-state index contributed by atoms with van der Waals surface area (Å²) in [5, 5.41) is 4.25. The third-order valence-electron chi connectivity index (χ3n) is 3.56. The largest absolute Gasteiger partial charge is 0.370 e. The molecule has 0 saturated heterocycles. The van der Waals surface area contributed by atoms with Gasteiger partial charge in [-0.15, -0.1) is 0 Å². The van der Waals surface area contributed by atoms with Crippen LogP contribution < -0.4 is 10.2 Å². The van der Waals surface area contributed by atoms with Gasteiger partial charge in [-0.3, -0.25) is 0 Å². The Morgan fingerprint density at radius 1 is 1.26 bits per heavy atom. The Hall–Kier alpha value is -0.730. The molecule has 3 heteroatoms. The van der Waals surface area contributed by atoms with Crippen LogP contribution in [0.1, 0.15) is 39.7 Å². The number of hydrogen-bond acceptors (Lipinski definition) is 2. The number of rotatable bonds is 8. The second kappa shape index (κ2) is 8.44. The molecule has 19 heavy (non-hydrogen) atoms. The molecule has 0 fully saturated rings. The van der Waals surface area contributed by atoms with Crippen LogP contribution in [0.3, 0.4) is 0 Å². The van der Waals surface area contributed by atoms with Gasteiger partial charge in [0, 0.05) is 19.6 Å². The van der Waals surface area contributed by atoms with E-state index in [0.29, 0.717) is 5.92 Å². The highest BCUT2D eigenvalue weighted by Gasteiger charge is 2.15. The van der Waals surface area contributed by atoms with Crippen LogP contribution in [-0.4, -0.2) is 19.6 Å². The molecule has 1 atom stereocenters. The number of nitrogens with one attached hydrogen (secondary N) is 1. The molecule has 1 N–H and O–H groups in total. The van der Waals surface area contributed by atoms with E-state index in [9.17, 15) is 0 Å². The minimum Gasteiger partial charge on any atom is -0.370 e. The zero-order valence-corrected chi connectivity index (χ0v) is 13.4. The fraction of sp³-hybridized carbons (Fsp3) is 0.625. The number of hydrogen-bond donors (Lipinski definition) is 1. The maximum Gasteiger partial charge on any atom is 0.0642 e. The van der Waals surface area contributed by atoms with Crippen molar-refractivity contribution in [2.75, 3.05) is 24.5 Å². The highest BCUT2D eigenvalue weighted by atomic mass is 35.5. The molecule has 0 aromatic heterocycles. The molecule has 1 rings (SSSR count). The Labute approximate surface area is 123 Å². The van der Waals surface area contributed by atoms with E-state index in [1.807, 2.05) is 12.1 Å². The van der Waals surface area contributed by atoms with Crippen molar-refractivity contribution in [2.24, 2.45) is 5.92 Å². The second-order valence-corrected chi connectivity index (χ2v) is 5.49. The first-order valence-corrected chi connectivity index (χ1v) is 7.74. The SMILES string of the molecule is CCNCc1cccc(Cl)c1N(CC)CC(C)CC. The molecule has 0 spiro atoms. The van der Waals surface area contributed by atoms with Crippen LogP contribution in [0.2, 0.25) is 5.02 Å². The summed E-state index contributed by atoms with van der Waals surface area (Å²) in [7, 11) is 0. The summed E-state index contributed by atoms with van der Waals surface area (Å²) < 4.78 is 0. The van der Waals surface area contributed by atoms with Gasteiger partial charge in [0.25, 0.3) is 0 Å². The van der Waals surface area contributed by atoms with E-state index < -0.39 is 0 Å². The first-order chi connectivity index (χ1) is 9.13. The van der Waals surface area contributed by atoms with Gasteiger partial charge in [0.05, 0.1) is 10.7 Å². The molecule has 0 amide bonds. The molecule has 0 heterocycles. The van der Waals surface area contributed by atoms with Gasteiger partial charge in [-0.2, -0.15) is 0 Å². The first kappa shape index (κ1) is 16.3. The molecular weight excluding hydrogens is 256 g/mol. The molecule has 1 unspecified atom stereocenters. The number of para-hydroxylation sites is 1. The quantitative estimate of drug-likeness (QED) is 0.764. The molecule has 0 saturated carbocycles. The Balaban J connectivity index is 2.99. The molecule has 0 aliphatic heterocycles. The normalized spacial score (nSPS) is 12.5. The highest BCUT2D eigenvalue weighted by molar-refractivity contribution is 6.33. The number of halogens is 1. The maximum absolute atomic E-state index is 6.44. The van der Waals surface area contributed by atoms with E-state index >= 15 is 0 Å². The molecule has 1 aromatic rings. The van der Waals surface area contributed by atoms with Crippen LogP contribution in [0.4, 0.5) is 5.69 Å². The van der Waals surface area contributed by atoms with Crippen molar-refractivity contribution in [1.82, 2.24) is 5.32 Å². The minimum atomic E-state index is 0.684. The van der Waals surface area contributed by atoms with Crippen LogP contribution in [0.15, 0.2) is 18.2 Å². The Kier molecular flexibility index (Phi) is 7.25. The molecule has 1 aromatic carbocycles. The molecule has 0 radical (unpaired) electrons. The lowest BCUT2D eigenvalue weighted by Crippen LogP contribution is -2.30. The molecule has 0 aliphatic carbocycles. The number of benzene rings is 1. The number of nitrogens with zero attached hydrogens (tertiary/aromatic N) is 1. The van der Waals surface area contributed by atoms with Crippen molar-refractivity contribution in [2.45, 2.75) is 40.7 Å². The van der Waals surface area contributed by atoms with Crippen molar-refractivity contribution in [3.05, 3.63) is 28.8 Å². The van der Waals surface area contributed by atoms with Crippen molar-refractivity contribution in [3.8, 4) is 0 Å². The van der Waals surface area contributed by atoms with Crippen molar-refractivity contribution in [3.63, 3.8) is 0 Å². The van der Waals surface area contributed by atoms with Gasteiger partial charge in [-0.05, 0) is 31.0 Å². The van der Waals surface area contributed by atoms with E-state index in [-0.39, 0.29) is 0 Å². The monoisotopic (exact) mass is 282 g/mol. The van der Waals surface area contributed by atoms with E-state index in [1.165, 1.54) is 17.7 Å². The van der Waals surface area contributed by atoms with Crippen LogP contribution in [0.25, 0.3) is 0 Å². The van der Waals surface area contributed by atoms with E-state index in [2.05, 4.69) is 44.0 Å². The van der Waals surface area contributed by atoms with Gasteiger partial charge in [-0.1, -0.05) is 50.9 Å². The second-order valence-electron chi connectivity index (χ2n) is 5.08. The average molecular weight is 283 g/mol. The highest BCUT2D eigenvalue weighted by Crippen LogP contribution is 2.30. The van der Waals surface area contributed by atoms with Gasteiger partial charge >= 0.3 is 0 Å². The standard InChI is InChI=1S/C16H27ClN2/c1-5-13(4)12-19(7-3)16-14(11-18-6-2)9-8-10-15(16)17/h8-10,13,18H,5-7,11-12H2,1-4H3. The predicted molar refractivity (Wildman–Crippen MR) is 86.2 cm³/mol. The Bertz CT molecular complexity index is 379. The summed E-state index contributed by atoms with van der Waals surface area (Å²) >= 11 is 6.44. The summed E-state index contributed by atoms with van der Waals surface area (Å²) in [5.41, 5.74) is 2.49. The maximum atomic E-state index is 6.44. The predicted octanol–water partition coefficient (Wildman–Crippen LogP) is 4.32. The summed E-state index contributed by atoms with van der Waals surface area (Å²) in [6.45, 7) is 12.8. The first-order valence-electron chi connectivity index (χ1n) is 7.36. The molecule has 108 valence electrons. The molecule has 2 nitrogen and oxygen atoms in total. The van der Waals surface area contributed by atoms with Gasteiger partial charge in [-0.25, -0.2) is 0 Å². The third-order valence-corrected chi connectivity index (χ3v) is 3.87. The molecule has 0 aliphatic rings. The summed E-state index contributed by atoms with van der Waals surface area (Å²) in [6, 6.07) is 6.20. The average Bonchev–Trinajstić information content (AvgIpc) is 2.42. The zero-order valence-electron chi connectivity index (χ0n) is 12.7.